The summed E-state index contributed by atoms with van der Waals surface area (Å²) in [7, 11) is 0. The summed E-state index contributed by atoms with van der Waals surface area (Å²) in [6, 6.07) is 11.7. The molecular formula is C15H10ClIN2O3. The van der Waals surface area contributed by atoms with Crippen LogP contribution < -0.4 is 5.32 Å². The highest BCUT2D eigenvalue weighted by Crippen LogP contribution is 2.25. The summed E-state index contributed by atoms with van der Waals surface area (Å²) in [6.45, 7) is 0. The van der Waals surface area contributed by atoms with E-state index in [0.29, 0.717) is 11.3 Å². The average Bonchev–Trinajstić information content (AvgIpc) is 2.48. The van der Waals surface area contributed by atoms with E-state index in [1.807, 2.05) is 12.1 Å². The molecule has 2 aromatic rings. The molecule has 2 rings (SSSR count). The predicted octanol–water partition coefficient (Wildman–Crippen LogP) is 4.50. The molecule has 5 nitrogen and oxygen atoms in total. The predicted molar refractivity (Wildman–Crippen MR) is 94.9 cm³/mol. The lowest BCUT2D eigenvalue weighted by molar-refractivity contribution is -0.384. The summed E-state index contributed by atoms with van der Waals surface area (Å²) in [5.41, 5.74) is 1.01. The molecule has 0 heterocycles. The van der Waals surface area contributed by atoms with Crippen LogP contribution in [-0.2, 0) is 4.79 Å². The van der Waals surface area contributed by atoms with Crippen molar-refractivity contribution < 1.29 is 9.72 Å². The molecule has 0 radical (unpaired) electrons. The SMILES string of the molecule is O=C(/C=C/c1ccc(Cl)c([N+](=O)[O-])c1)Nc1ccc(I)cc1. The first kappa shape index (κ1) is 16.4. The summed E-state index contributed by atoms with van der Waals surface area (Å²) in [6.07, 6.45) is 2.80. The second-order valence-electron chi connectivity index (χ2n) is 4.30. The number of anilines is 1. The molecular weight excluding hydrogens is 419 g/mol. The molecule has 112 valence electrons. The zero-order valence-corrected chi connectivity index (χ0v) is 14.0. The van der Waals surface area contributed by atoms with Gasteiger partial charge in [0.05, 0.1) is 4.92 Å². The number of carbonyl (C=O) groups is 1. The van der Waals surface area contributed by atoms with Gasteiger partial charge in [-0.25, -0.2) is 0 Å². The Morgan fingerprint density at radius 2 is 1.91 bits per heavy atom. The van der Waals surface area contributed by atoms with Crippen molar-refractivity contribution in [1.29, 1.82) is 0 Å². The van der Waals surface area contributed by atoms with E-state index in [2.05, 4.69) is 27.9 Å². The third-order valence-electron chi connectivity index (χ3n) is 2.71. The number of rotatable bonds is 4. The van der Waals surface area contributed by atoms with Gasteiger partial charge in [0.2, 0.25) is 5.91 Å². The summed E-state index contributed by atoms with van der Waals surface area (Å²) >= 11 is 7.90. The molecule has 0 bridgehead atoms. The van der Waals surface area contributed by atoms with Crippen molar-refractivity contribution in [3.05, 3.63) is 72.8 Å². The van der Waals surface area contributed by atoms with Gasteiger partial charge < -0.3 is 5.32 Å². The summed E-state index contributed by atoms with van der Waals surface area (Å²) in [5.74, 6) is -0.321. The topological polar surface area (TPSA) is 72.2 Å². The normalized spacial score (nSPS) is 10.6. The van der Waals surface area contributed by atoms with Crippen molar-refractivity contribution in [2.24, 2.45) is 0 Å². The maximum absolute atomic E-state index is 11.8. The molecule has 0 saturated heterocycles. The molecule has 0 saturated carbocycles. The van der Waals surface area contributed by atoms with E-state index in [9.17, 15) is 14.9 Å². The van der Waals surface area contributed by atoms with Crippen molar-refractivity contribution in [3.63, 3.8) is 0 Å². The molecule has 1 amide bonds. The molecule has 1 N–H and O–H groups in total. The third-order valence-corrected chi connectivity index (χ3v) is 3.74. The fourth-order valence-corrected chi connectivity index (χ4v) is 2.21. The minimum absolute atomic E-state index is 0.0606. The highest BCUT2D eigenvalue weighted by atomic mass is 127. The van der Waals surface area contributed by atoms with Gasteiger partial charge in [0, 0.05) is 21.4 Å². The Balaban J connectivity index is 2.08. The Kier molecular flexibility index (Phi) is 5.51. The molecule has 0 aliphatic heterocycles. The van der Waals surface area contributed by atoms with E-state index in [1.54, 1.807) is 18.2 Å². The number of carbonyl (C=O) groups excluding carboxylic acids is 1. The lowest BCUT2D eigenvalue weighted by Gasteiger charge is -2.02. The van der Waals surface area contributed by atoms with E-state index in [-0.39, 0.29) is 16.6 Å². The Hall–Kier alpha value is -1.93. The van der Waals surface area contributed by atoms with E-state index >= 15 is 0 Å². The molecule has 2 aromatic carbocycles. The van der Waals surface area contributed by atoms with Gasteiger partial charge in [0.1, 0.15) is 5.02 Å². The largest absolute Gasteiger partial charge is 0.323 e. The smallest absolute Gasteiger partial charge is 0.288 e. The van der Waals surface area contributed by atoms with Gasteiger partial charge in [-0.05, 0) is 64.6 Å². The number of hydrogen-bond acceptors (Lipinski definition) is 3. The van der Waals surface area contributed by atoms with Crippen molar-refractivity contribution in [1.82, 2.24) is 0 Å². The Morgan fingerprint density at radius 1 is 1.23 bits per heavy atom. The van der Waals surface area contributed by atoms with Crippen LogP contribution in [0.2, 0.25) is 5.02 Å². The van der Waals surface area contributed by atoms with Crippen LogP contribution in [0.1, 0.15) is 5.56 Å². The maximum Gasteiger partial charge on any atom is 0.288 e. The number of hydrogen-bond donors (Lipinski definition) is 1. The molecule has 0 atom stereocenters. The monoisotopic (exact) mass is 428 g/mol. The summed E-state index contributed by atoms with van der Waals surface area (Å²) < 4.78 is 1.07. The number of nitrogens with one attached hydrogen (secondary N) is 1. The van der Waals surface area contributed by atoms with Gasteiger partial charge in [-0.15, -0.1) is 0 Å². The van der Waals surface area contributed by atoms with Crippen molar-refractivity contribution in [2.45, 2.75) is 0 Å². The van der Waals surface area contributed by atoms with E-state index < -0.39 is 4.92 Å². The summed E-state index contributed by atoms with van der Waals surface area (Å²) in [5, 5.41) is 13.6. The highest BCUT2D eigenvalue weighted by Gasteiger charge is 2.11. The number of halogens is 2. The van der Waals surface area contributed by atoms with Crippen LogP contribution in [0.3, 0.4) is 0 Å². The van der Waals surface area contributed by atoms with Gasteiger partial charge >= 0.3 is 0 Å². The Labute approximate surface area is 145 Å². The molecule has 0 aliphatic carbocycles. The number of amides is 1. The van der Waals surface area contributed by atoms with Crippen molar-refractivity contribution in [2.75, 3.05) is 5.32 Å². The van der Waals surface area contributed by atoms with Gasteiger partial charge in [-0.3, -0.25) is 14.9 Å². The van der Waals surface area contributed by atoms with Crippen molar-refractivity contribution in [3.8, 4) is 0 Å². The fraction of sp³-hybridized carbons (Fsp3) is 0. The first-order chi connectivity index (χ1) is 10.5. The maximum atomic E-state index is 11.8. The first-order valence-electron chi connectivity index (χ1n) is 6.14. The van der Waals surface area contributed by atoms with Crippen LogP contribution in [0.5, 0.6) is 0 Å². The van der Waals surface area contributed by atoms with Gasteiger partial charge in [0.25, 0.3) is 5.69 Å². The first-order valence-corrected chi connectivity index (χ1v) is 7.60. The molecule has 0 spiro atoms. The van der Waals surface area contributed by atoms with Crippen LogP contribution in [0.15, 0.2) is 48.5 Å². The minimum Gasteiger partial charge on any atom is -0.323 e. The second kappa shape index (κ2) is 7.37. The lowest BCUT2D eigenvalue weighted by Crippen LogP contribution is -2.07. The van der Waals surface area contributed by atoms with Gasteiger partial charge in [-0.1, -0.05) is 17.7 Å². The average molecular weight is 429 g/mol. The molecule has 7 heteroatoms. The fourth-order valence-electron chi connectivity index (χ4n) is 1.66. The van der Waals surface area contributed by atoms with Crippen LogP contribution in [0.4, 0.5) is 11.4 Å². The Morgan fingerprint density at radius 3 is 2.55 bits per heavy atom. The second-order valence-corrected chi connectivity index (χ2v) is 5.95. The highest BCUT2D eigenvalue weighted by molar-refractivity contribution is 14.1. The minimum atomic E-state index is -0.564. The van der Waals surface area contributed by atoms with Crippen LogP contribution in [0, 0.1) is 13.7 Å². The van der Waals surface area contributed by atoms with Crippen LogP contribution in [0.25, 0.3) is 6.08 Å². The molecule has 0 fully saturated rings. The number of nitro benzene ring substituents is 1. The number of benzene rings is 2. The lowest BCUT2D eigenvalue weighted by atomic mass is 10.2. The molecule has 0 unspecified atom stereocenters. The quantitative estimate of drug-likeness (QED) is 0.337. The van der Waals surface area contributed by atoms with E-state index in [0.717, 1.165) is 3.57 Å². The number of nitro groups is 1. The standard InChI is InChI=1S/C15H10ClIN2O3/c16-13-7-1-10(9-14(13)19(21)22)2-8-15(20)18-12-5-3-11(17)4-6-12/h1-9H,(H,18,20)/b8-2+. The van der Waals surface area contributed by atoms with E-state index in [1.165, 1.54) is 24.3 Å². The third kappa shape index (κ3) is 4.54. The number of nitrogens with zero attached hydrogens (tertiary/aromatic N) is 1. The zero-order valence-electron chi connectivity index (χ0n) is 11.1. The molecule has 0 aliphatic rings. The van der Waals surface area contributed by atoms with E-state index in [4.69, 9.17) is 11.6 Å². The summed E-state index contributed by atoms with van der Waals surface area (Å²) in [4.78, 5) is 22.0. The zero-order chi connectivity index (χ0) is 16.1. The van der Waals surface area contributed by atoms with Crippen molar-refractivity contribution >= 4 is 57.5 Å². The molecule has 22 heavy (non-hydrogen) atoms. The van der Waals surface area contributed by atoms with Crippen LogP contribution in [-0.4, -0.2) is 10.8 Å². The van der Waals surface area contributed by atoms with Gasteiger partial charge in [0.15, 0.2) is 0 Å². The van der Waals surface area contributed by atoms with Gasteiger partial charge in [-0.2, -0.15) is 0 Å². The van der Waals surface area contributed by atoms with Crippen LogP contribution >= 0.6 is 34.2 Å². The molecule has 0 aromatic heterocycles. The Bertz CT molecular complexity index is 745.